The minimum atomic E-state index is -3.30. The molecule has 4 rings (SSSR count). The molecule has 0 unspecified atom stereocenters. The molecule has 0 fully saturated rings. The molecule has 2 aromatic carbocycles. The lowest BCUT2D eigenvalue weighted by atomic mass is 10.1. The van der Waals surface area contributed by atoms with Crippen LogP contribution in [-0.4, -0.2) is 40.5 Å². The van der Waals surface area contributed by atoms with Crippen LogP contribution in [0.1, 0.15) is 23.9 Å². The molecule has 0 saturated carbocycles. The maximum absolute atomic E-state index is 11.4. The van der Waals surface area contributed by atoms with Crippen LogP contribution >= 0.6 is 27.7 Å². The summed E-state index contributed by atoms with van der Waals surface area (Å²) in [5.41, 5.74) is 3.47. The first kappa shape index (κ1) is 20.1. The Labute approximate surface area is 181 Å². The van der Waals surface area contributed by atoms with E-state index in [0.29, 0.717) is 12.1 Å². The molecule has 7 nitrogen and oxygen atoms in total. The average Bonchev–Trinajstić information content (AvgIpc) is 3.04. The number of rotatable bonds is 5. The number of aromatic nitrogens is 3. The predicted octanol–water partition coefficient (Wildman–Crippen LogP) is 3.75. The molecule has 1 aromatic heterocycles. The largest absolute Gasteiger partial charge is 0.284 e. The summed E-state index contributed by atoms with van der Waals surface area (Å²) in [5, 5.41) is 14.3. The Morgan fingerprint density at radius 1 is 1.10 bits per heavy atom. The van der Waals surface area contributed by atoms with Gasteiger partial charge in [0.15, 0.2) is 5.82 Å². The van der Waals surface area contributed by atoms with E-state index in [1.165, 1.54) is 0 Å². The van der Waals surface area contributed by atoms with Gasteiger partial charge in [-0.25, -0.2) is 8.42 Å². The maximum Gasteiger partial charge on any atom is 0.229 e. The number of nitrogens with one attached hydrogen (secondary N) is 1. The molecule has 0 bridgehead atoms. The molecule has 0 spiro atoms. The van der Waals surface area contributed by atoms with Crippen LogP contribution in [0.2, 0.25) is 0 Å². The van der Waals surface area contributed by atoms with Crippen molar-refractivity contribution in [2.75, 3.05) is 11.0 Å². The van der Waals surface area contributed by atoms with Crippen molar-refractivity contribution in [3.05, 3.63) is 70.0 Å². The van der Waals surface area contributed by atoms with Crippen LogP contribution in [-0.2, 0) is 16.4 Å². The number of sulfonamides is 1. The molecular formula is C19H18BrN5O2S2. The van der Waals surface area contributed by atoms with Crippen LogP contribution in [0.5, 0.6) is 0 Å². The monoisotopic (exact) mass is 491 g/mol. The third kappa shape index (κ3) is 4.71. The molecule has 2 heterocycles. The van der Waals surface area contributed by atoms with Crippen molar-refractivity contribution in [3.8, 4) is 0 Å². The van der Waals surface area contributed by atoms with Gasteiger partial charge in [-0.05, 0) is 42.3 Å². The highest BCUT2D eigenvalue weighted by molar-refractivity contribution is 9.10. The molecule has 29 heavy (non-hydrogen) atoms. The quantitative estimate of drug-likeness (QED) is 0.586. The van der Waals surface area contributed by atoms with Gasteiger partial charge in [0, 0.05) is 16.6 Å². The second-order valence-corrected chi connectivity index (χ2v) is 10.7. The highest BCUT2D eigenvalue weighted by atomic mass is 79.9. The van der Waals surface area contributed by atoms with Crippen molar-refractivity contribution >= 4 is 49.1 Å². The summed E-state index contributed by atoms with van der Waals surface area (Å²) < 4.78 is 28.1. The number of anilines is 1. The zero-order valence-corrected chi connectivity index (χ0v) is 18.9. The fourth-order valence-corrected chi connectivity index (χ4v) is 4.76. The van der Waals surface area contributed by atoms with Gasteiger partial charge in [-0.1, -0.05) is 52.0 Å². The van der Waals surface area contributed by atoms with Crippen molar-refractivity contribution in [3.63, 3.8) is 0 Å². The lowest BCUT2D eigenvalue weighted by Gasteiger charge is -2.20. The summed E-state index contributed by atoms with van der Waals surface area (Å²) in [4.78, 5) is 0. The maximum atomic E-state index is 11.4. The third-order valence-corrected chi connectivity index (χ3v) is 6.49. The lowest BCUT2D eigenvalue weighted by Crippen LogP contribution is -2.22. The van der Waals surface area contributed by atoms with Gasteiger partial charge in [0.1, 0.15) is 0 Å². The van der Waals surface area contributed by atoms with Crippen LogP contribution in [0.4, 0.5) is 5.69 Å². The van der Waals surface area contributed by atoms with Gasteiger partial charge in [0.2, 0.25) is 15.2 Å². The minimum absolute atomic E-state index is 0.0981. The molecular weight excluding hydrogens is 474 g/mol. The standard InChI is InChI=1S/C19H18BrN5O2S2/c1-12-18(14-5-9-16(10-6-14)24-29(2,26)27)23-25-17(21-22-19(25)28-12)11-13-3-7-15(20)8-4-13/h3-10,12,24H,11H2,1-2H3/t12-/m1/s1. The van der Waals surface area contributed by atoms with Gasteiger partial charge >= 0.3 is 0 Å². The molecule has 1 atom stereocenters. The van der Waals surface area contributed by atoms with Crippen LogP contribution in [0, 0.1) is 0 Å². The van der Waals surface area contributed by atoms with Gasteiger partial charge in [0.25, 0.3) is 0 Å². The predicted molar refractivity (Wildman–Crippen MR) is 119 cm³/mol. The SMILES string of the molecule is C[C@H]1Sc2nnc(Cc3ccc(Br)cc3)n2N=C1c1ccc(NS(C)(=O)=O)cc1. The smallest absolute Gasteiger partial charge is 0.229 e. The van der Waals surface area contributed by atoms with Gasteiger partial charge in [-0.15, -0.1) is 10.2 Å². The van der Waals surface area contributed by atoms with E-state index in [9.17, 15) is 8.42 Å². The Balaban J connectivity index is 1.63. The van der Waals surface area contributed by atoms with E-state index in [2.05, 4.69) is 37.8 Å². The average molecular weight is 492 g/mol. The number of hydrogen-bond donors (Lipinski definition) is 1. The zero-order chi connectivity index (χ0) is 20.6. The minimum Gasteiger partial charge on any atom is -0.284 e. The molecule has 0 saturated heterocycles. The first-order valence-corrected chi connectivity index (χ1v) is 12.4. The summed E-state index contributed by atoms with van der Waals surface area (Å²) >= 11 is 5.05. The topological polar surface area (TPSA) is 89.2 Å². The highest BCUT2D eigenvalue weighted by Gasteiger charge is 2.25. The first-order chi connectivity index (χ1) is 13.8. The highest BCUT2D eigenvalue weighted by Crippen LogP contribution is 2.31. The fourth-order valence-electron chi connectivity index (χ4n) is 2.98. The molecule has 10 heteroatoms. The van der Waals surface area contributed by atoms with Gasteiger partial charge in [-0.3, -0.25) is 4.72 Å². The number of benzene rings is 2. The second-order valence-electron chi connectivity index (χ2n) is 6.71. The molecule has 3 aromatic rings. The van der Waals surface area contributed by atoms with E-state index in [1.54, 1.807) is 28.6 Å². The van der Waals surface area contributed by atoms with Crippen molar-refractivity contribution in [1.29, 1.82) is 0 Å². The van der Waals surface area contributed by atoms with Crippen LogP contribution < -0.4 is 4.72 Å². The van der Waals surface area contributed by atoms with Crippen molar-refractivity contribution in [2.24, 2.45) is 5.10 Å². The number of thioether (sulfide) groups is 1. The zero-order valence-electron chi connectivity index (χ0n) is 15.7. The summed E-state index contributed by atoms with van der Waals surface area (Å²) in [6, 6.07) is 15.3. The van der Waals surface area contributed by atoms with E-state index in [-0.39, 0.29) is 5.25 Å². The fraction of sp³-hybridized carbons (Fsp3) is 0.211. The van der Waals surface area contributed by atoms with Gasteiger partial charge in [-0.2, -0.15) is 9.78 Å². The Hall–Kier alpha value is -2.17. The molecule has 0 aliphatic carbocycles. The summed E-state index contributed by atoms with van der Waals surface area (Å²) in [6.45, 7) is 2.07. The van der Waals surface area contributed by atoms with Crippen molar-refractivity contribution < 1.29 is 8.42 Å². The number of nitrogens with zero attached hydrogens (tertiary/aromatic N) is 4. The normalized spacial score (nSPS) is 16.2. The van der Waals surface area contributed by atoms with Crippen LogP contribution in [0.25, 0.3) is 0 Å². The molecule has 0 amide bonds. The third-order valence-electron chi connectivity index (χ3n) is 4.31. The molecule has 150 valence electrons. The lowest BCUT2D eigenvalue weighted by molar-refractivity contribution is 0.607. The Morgan fingerprint density at radius 2 is 1.79 bits per heavy atom. The first-order valence-electron chi connectivity index (χ1n) is 8.81. The van der Waals surface area contributed by atoms with Gasteiger partial charge in [0.05, 0.1) is 17.2 Å². The molecule has 1 aliphatic heterocycles. The number of hydrogen-bond acceptors (Lipinski definition) is 6. The summed E-state index contributed by atoms with van der Waals surface area (Å²) in [7, 11) is -3.30. The molecule has 1 N–H and O–H groups in total. The Bertz CT molecular complexity index is 1170. The van der Waals surface area contributed by atoms with E-state index >= 15 is 0 Å². The van der Waals surface area contributed by atoms with Crippen LogP contribution in [0.15, 0.2) is 63.3 Å². The summed E-state index contributed by atoms with van der Waals surface area (Å²) in [5.74, 6) is 0.773. The Kier molecular flexibility index (Phi) is 5.50. The van der Waals surface area contributed by atoms with Gasteiger partial charge < -0.3 is 0 Å². The van der Waals surface area contributed by atoms with Crippen molar-refractivity contribution in [1.82, 2.24) is 14.9 Å². The molecule has 0 radical (unpaired) electrons. The van der Waals surface area contributed by atoms with E-state index in [0.717, 1.165) is 38.5 Å². The van der Waals surface area contributed by atoms with Crippen molar-refractivity contribution in [2.45, 2.75) is 23.8 Å². The van der Waals surface area contributed by atoms with Crippen LogP contribution in [0.3, 0.4) is 0 Å². The second kappa shape index (κ2) is 7.92. The van der Waals surface area contributed by atoms with E-state index < -0.39 is 10.0 Å². The number of fused-ring (bicyclic) bond motifs is 1. The summed E-state index contributed by atoms with van der Waals surface area (Å²) in [6.07, 6.45) is 1.76. The van der Waals surface area contributed by atoms with E-state index in [1.807, 2.05) is 36.4 Å². The molecule has 1 aliphatic rings. The van der Waals surface area contributed by atoms with E-state index in [4.69, 9.17) is 5.10 Å². The Morgan fingerprint density at radius 3 is 2.45 bits per heavy atom. The number of halogens is 1.